The summed E-state index contributed by atoms with van der Waals surface area (Å²) in [5.74, 6) is 0.714. The molecule has 0 atom stereocenters. The van der Waals surface area contributed by atoms with Crippen LogP contribution in [0.1, 0.15) is 12.0 Å². The quantitative estimate of drug-likeness (QED) is 0.110. The maximum absolute atomic E-state index is 11.0. The third-order valence-electron chi connectivity index (χ3n) is 3.48. The number of nitrogens with one attached hydrogen (secondary N) is 1. The predicted molar refractivity (Wildman–Crippen MR) is 180 cm³/mol. The fourth-order valence-electron chi connectivity index (χ4n) is 2.06. The molecular formula is C22H24B5Cl6N3O3P. The standard InChI is InChI=1S/C10H7Cl2N.C9H10ClNO.C3H7NO.B3.B2.Cl3OP/c11-6-8-5-7-3-1-2-4-9(7)13-10(8)12;10-7-6-9(12)11-8-4-2-1-3-5-8;1-4(2)3-5;1-3-2;1-2;1-5(2,3)4/h1-5H,6H2;1-5H,6-7H2,(H,11,12);3H,1-2H3;;;. The summed E-state index contributed by atoms with van der Waals surface area (Å²) in [5.41, 5.74) is 2.59. The maximum atomic E-state index is 11.0. The molecule has 9 radical (unpaired) electrons. The number of anilines is 1. The van der Waals surface area contributed by atoms with Crippen molar-refractivity contribution >= 4 is 141 Å². The van der Waals surface area contributed by atoms with Gasteiger partial charge in [-0.05, 0) is 58.0 Å². The molecule has 1 N–H and O–H groups in total. The Labute approximate surface area is 272 Å². The minimum absolute atomic E-state index is 0.0452. The van der Waals surface area contributed by atoms with Gasteiger partial charge < -0.3 is 10.2 Å². The van der Waals surface area contributed by atoms with E-state index in [0.29, 0.717) is 23.3 Å². The zero-order chi connectivity index (χ0) is 31.6. The molecule has 3 aromatic rings. The Morgan fingerprint density at radius 2 is 1.48 bits per heavy atom. The van der Waals surface area contributed by atoms with Crippen molar-refractivity contribution in [1.82, 2.24) is 9.88 Å². The first-order valence-electron chi connectivity index (χ1n) is 10.7. The van der Waals surface area contributed by atoms with Crippen molar-refractivity contribution < 1.29 is 14.2 Å². The van der Waals surface area contributed by atoms with Crippen molar-refractivity contribution in [2.45, 2.75) is 12.3 Å². The molecule has 1 aromatic heterocycles. The molecule has 2 aromatic carbocycles. The van der Waals surface area contributed by atoms with Gasteiger partial charge in [-0.2, -0.15) is 0 Å². The van der Waals surface area contributed by atoms with Gasteiger partial charge in [0.25, 0.3) is 0 Å². The number of rotatable bonds is 5. The number of halogens is 6. The molecule has 0 saturated carbocycles. The summed E-state index contributed by atoms with van der Waals surface area (Å²) < 4.78 is 9.51. The van der Waals surface area contributed by atoms with E-state index in [-0.39, 0.29) is 5.91 Å². The Morgan fingerprint density at radius 1 is 1.02 bits per heavy atom. The van der Waals surface area contributed by atoms with Gasteiger partial charge in [0.15, 0.2) is 0 Å². The van der Waals surface area contributed by atoms with Crippen LogP contribution in [0.2, 0.25) is 5.15 Å². The van der Waals surface area contributed by atoms with Gasteiger partial charge in [-0.1, -0.05) is 48.0 Å². The monoisotopic (exact) mass is 674 g/mol. The number of pyridine rings is 1. The lowest BCUT2D eigenvalue weighted by atomic mass is 9.40. The number of benzene rings is 2. The normalized spacial score (nSPS) is 9.00. The van der Waals surface area contributed by atoms with Crippen LogP contribution >= 0.6 is 73.7 Å². The summed E-state index contributed by atoms with van der Waals surface area (Å²) in [6.45, 7) is 0. The highest BCUT2D eigenvalue weighted by Gasteiger charge is 2.03. The van der Waals surface area contributed by atoms with Crippen molar-refractivity contribution in [3.05, 3.63) is 71.4 Å². The third-order valence-corrected chi connectivity index (χ3v) is 4.29. The van der Waals surface area contributed by atoms with Gasteiger partial charge in [0.2, 0.25) is 12.3 Å². The van der Waals surface area contributed by atoms with E-state index in [4.69, 9.17) is 34.8 Å². The summed E-state index contributed by atoms with van der Waals surface area (Å²) in [4.78, 5) is 26.1. The van der Waals surface area contributed by atoms with Crippen molar-refractivity contribution in [2.75, 3.05) is 25.3 Å². The van der Waals surface area contributed by atoms with E-state index in [2.05, 4.69) is 75.0 Å². The number of carbonyl (C=O) groups excluding carboxylic acids is 2. The maximum Gasteiger partial charge on any atom is 0.339 e. The number of hydrogen-bond acceptors (Lipinski definition) is 4. The van der Waals surface area contributed by atoms with Gasteiger partial charge in [-0.3, -0.25) is 14.2 Å². The average Bonchev–Trinajstić information content (AvgIpc) is 2.90. The highest BCUT2D eigenvalue weighted by molar-refractivity contribution is 8.24. The van der Waals surface area contributed by atoms with Crippen molar-refractivity contribution in [3.8, 4) is 0 Å². The smallest absolute Gasteiger partial charge is 0.339 e. The molecule has 6 nitrogen and oxygen atoms in total. The van der Waals surface area contributed by atoms with Gasteiger partial charge in [0.05, 0.1) is 11.4 Å². The first kappa shape index (κ1) is 43.5. The average molecular weight is 676 g/mol. The van der Waals surface area contributed by atoms with E-state index in [1.807, 2.05) is 60.7 Å². The molecule has 0 saturated heterocycles. The number of alkyl halides is 2. The number of aromatic nitrogens is 1. The first-order chi connectivity index (χ1) is 18.8. The molecule has 0 aliphatic heterocycles. The van der Waals surface area contributed by atoms with Crippen molar-refractivity contribution in [1.29, 1.82) is 0 Å². The van der Waals surface area contributed by atoms with Crippen LogP contribution in [0.3, 0.4) is 0 Å². The molecule has 0 spiro atoms. The molecule has 0 aliphatic carbocycles. The van der Waals surface area contributed by atoms with E-state index in [0.717, 1.165) is 35.6 Å². The van der Waals surface area contributed by atoms with E-state index in [9.17, 15) is 14.2 Å². The summed E-state index contributed by atoms with van der Waals surface area (Å²) in [6, 6.07) is 19.1. The lowest BCUT2D eigenvalue weighted by molar-refractivity contribution is -0.116. The van der Waals surface area contributed by atoms with Crippen molar-refractivity contribution in [3.63, 3.8) is 0 Å². The minimum Gasteiger partial charge on any atom is -0.351 e. The summed E-state index contributed by atoms with van der Waals surface area (Å²) >= 11 is 30.9. The molecule has 3 rings (SSSR count). The predicted octanol–water partition coefficient (Wildman–Crippen LogP) is 6.49. The minimum atomic E-state index is -3.22. The fourth-order valence-corrected chi connectivity index (χ4v) is 2.72. The Bertz CT molecular complexity index is 1110. The molecular weight excluding hydrogens is 652 g/mol. The van der Waals surface area contributed by atoms with E-state index < -0.39 is 5.20 Å². The molecule has 40 heavy (non-hydrogen) atoms. The molecule has 2 amide bonds. The lowest BCUT2D eigenvalue weighted by Crippen LogP contribution is -2.11. The summed E-state index contributed by atoms with van der Waals surface area (Å²) in [6.07, 6.45) is 1.11. The molecule has 0 unspecified atom stereocenters. The Balaban J connectivity index is -0.000000465. The van der Waals surface area contributed by atoms with Crippen LogP contribution in [-0.2, 0) is 20.0 Å². The van der Waals surface area contributed by atoms with E-state index in [1.54, 1.807) is 14.1 Å². The number of fused-ring (bicyclic) bond motifs is 1. The largest absolute Gasteiger partial charge is 0.351 e. The molecule has 18 heteroatoms. The first-order valence-corrected chi connectivity index (χ1v) is 16.6. The number of carbonyl (C=O) groups is 2. The van der Waals surface area contributed by atoms with Crippen LogP contribution in [0.5, 0.6) is 0 Å². The zero-order valence-corrected chi connectivity index (χ0v) is 27.1. The second-order valence-corrected chi connectivity index (χ2v) is 14.4. The molecule has 0 aliphatic rings. The van der Waals surface area contributed by atoms with Gasteiger partial charge in [-0.15, -0.1) is 23.2 Å². The second kappa shape index (κ2) is 28.2. The van der Waals surface area contributed by atoms with Crippen LogP contribution in [0.4, 0.5) is 5.69 Å². The summed E-state index contributed by atoms with van der Waals surface area (Å²) in [7, 11) is 21.4. The molecule has 207 valence electrons. The molecule has 1 heterocycles. The van der Waals surface area contributed by atoms with Crippen LogP contribution < -0.4 is 5.32 Å². The van der Waals surface area contributed by atoms with Gasteiger partial charge in [0, 0.05) is 81.0 Å². The van der Waals surface area contributed by atoms with Crippen LogP contribution in [0.15, 0.2) is 60.7 Å². The molecule has 0 bridgehead atoms. The third kappa shape index (κ3) is 28.6. The number of para-hydroxylation sites is 2. The highest BCUT2D eigenvalue weighted by atomic mass is 36.0. The zero-order valence-electron chi connectivity index (χ0n) is 21.7. The van der Waals surface area contributed by atoms with Gasteiger partial charge >= 0.3 is 5.20 Å². The molecule has 0 fully saturated rings. The Hall–Kier alpha value is -0.915. The van der Waals surface area contributed by atoms with Crippen LogP contribution in [0, 0.1) is 0 Å². The topological polar surface area (TPSA) is 79.4 Å². The number of nitrogens with zero attached hydrogens (tertiary/aromatic N) is 2. The lowest BCUT2D eigenvalue weighted by Gasteiger charge is -2.01. The number of hydrogen-bond donors (Lipinski definition) is 1. The Morgan fingerprint density at radius 3 is 1.90 bits per heavy atom. The van der Waals surface area contributed by atoms with Crippen molar-refractivity contribution in [2.24, 2.45) is 0 Å². The van der Waals surface area contributed by atoms with E-state index >= 15 is 0 Å². The van der Waals surface area contributed by atoms with E-state index in [1.165, 1.54) is 4.90 Å². The highest BCUT2D eigenvalue weighted by Crippen LogP contribution is 2.61. The van der Waals surface area contributed by atoms with Crippen LogP contribution in [-0.4, -0.2) is 80.2 Å². The number of amides is 2. The van der Waals surface area contributed by atoms with Crippen LogP contribution in [0.25, 0.3) is 10.9 Å². The summed E-state index contributed by atoms with van der Waals surface area (Å²) in [5, 5.41) is 1.06. The SMILES string of the molecule is CN(C)C=O.ClCc1cc2ccccc2nc1Cl.O=C(CCCl)Nc1ccccc1.O=P(Cl)(Cl)Cl.[B][B].[B][B][B]. The Kier molecular flexibility index (Phi) is 30.7. The van der Waals surface area contributed by atoms with Gasteiger partial charge in [0.1, 0.15) is 5.15 Å². The van der Waals surface area contributed by atoms with Gasteiger partial charge in [-0.25, -0.2) is 4.98 Å². The fraction of sp³-hybridized carbons (Fsp3) is 0.227. The second-order valence-electron chi connectivity index (χ2n) is 6.78.